The predicted octanol–water partition coefficient (Wildman–Crippen LogP) is 0.481. The van der Waals surface area contributed by atoms with E-state index in [4.69, 9.17) is 10.3 Å². The zero-order chi connectivity index (χ0) is 13.9. The number of nitrogens with one attached hydrogen (secondary N) is 1. The molecule has 0 amide bonds. The Labute approximate surface area is 110 Å². The van der Waals surface area contributed by atoms with Crippen LogP contribution in [0.5, 0.6) is 0 Å². The van der Waals surface area contributed by atoms with E-state index >= 15 is 0 Å². The van der Waals surface area contributed by atoms with Crippen molar-refractivity contribution in [3.63, 3.8) is 0 Å². The van der Waals surface area contributed by atoms with Gasteiger partial charge < -0.3 is 10.3 Å². The van der Waals surface area contributed by atoms with Crippen molar-refractivity contribution in [3.8, 4) is 0 Å². The molecule has 0 atom stereocenters. The second-order valence-electron chi connectivity index (χ2n) is 3.92. The number of aryl methyl sites for hydroxylation is 1. The van der Waals surface area contributed by atoms with Gasteiger partial charge in [-0.05, 0) is 12.1 Å². The summed E-state index contributed by atoms with van der Waals surface area (Å²) in [5, 5.41) is 3.68. The summed E-state index contributed by atoms with van der Waals surface area (Å²) in [4.78, 5) is 4.05. The molecule has 0 radical (unpaired) electrons. The summed E-state index contributed by atoms with van der Waals surface area (Å²) < 4.78 is 31.2. The van der Waals surface area contributed by atoms with Gasteiger partial charge in [0.25, 0.3) is 0 Å². The fourth-order valence-electron chi connectivity index (χ4n) is 1.54. The van der Waals surface area contributed by atoms with Crippen LogP contribution in [0.1, 0.15) is 11.7 Å². The molecule has 0 aliphatic heterocycles. The molecular formula is C11H14N4O3S. The van der Waals surface area contributed by atoms with Crippen molar-refractivity contribution in [2.45, 2.75) is 18.2 Å². The van der Waals surface area contributed by atoms with Crippen molar-refractivity contribution in [2.75, 3.05) is 12.3 Å². The van der Waals surface area contributed by atoms with Crippen LogP contribution in [-0.2, 0) is 16.4 Å². The van der Waals surface area contributed by atoms with Gasteiger partial charge in [0.15, 0.2) is 5.82 Å². The van der Waals surface area contributed by atoms with Crippen molar-refractivity contribution in [3.05, 3.63) is 36.0 Å². The molecule has 19 heavy (non-hydrogen) atoms. The van der Waals surface area contributed by atoms with Crippen molar-refractivity contribution in [1.82, 2.24) is 14.9 Å². The fourth-order valence-corrected chi connectivity index (χ4v) is 2.71. The molecule has 0 bridgehead atoms. The van der Waals surface area contributed by atoms with Crippen LogP contribution in [0.4, 0.5) is 5.69 Å². The van der Waals surface area contributed by atoms with Crippen LogP contribution >= 0.6 is 0 Å². The van der Waals surface area contributed by atoms with E-state index in [1.54, 1.807) is 19.1 Å². The van der Waals surface area contributed by atoms with E-state index < -0.39 is 10.0 Å². The minimum Gasteiger partial charge on any atom is -0.398 e. The summed E-state index contributed by atoms with van der Waals surface area (Å²) in [5.74, 6) is 0.909. The summed E-state index contributed by atoms with van der Waals surface area (Å²) in [6, 6.07) is 6.29. The van der Waals surface area contributed by atoms with Gasteiger partial charge in [-0.25, -0.2) is 13.1 Å². The summed E-state index contributed by atoms with van der Waals surface area (Å²) in [6.45, 7) is 1.85. The van der Waals surface area contributed by atoms with Gasteiger partial charge in [0.1, 0.15) is 4.90 Å². The van der Waals surface area contributed by atoms with Crippen molar-refractivity contribution in [1.29, 1.82) is 0 Å². The molecule has 0 saturated carbocycles. The Morgan fingerprint density at radius 3 is 2.74 bits per heavy atom. The van der Waals surface area contributed by atoms with E-state index in [2.05, 4.69) is 14.9 Å². The third-order valence-electron chi connectivity index (χ3n) is 2.42. The summed E-state index contributed by atoms with van der Waals surface area (Å²) in [6.07, 6.45) is 0.351. The van der Waals surface area contributed by atoms with Gasteiger partial charge in [-0.2, -0.15) is 4.98 Å². The van der Waals surface area contributed by atoms with Gasteiger partial charge in [-0.15, -0.1) is 0 Å². The first-order valence-electron chi connectivity index (χ1n) is 5.62. The summed E-state index contributed by atoms with van der Waals surface area (Å²) in [5.41, 5.74) is 5.85. The number of anilines is 1. The maximum absolute atomic E-state index is 12.0. The van der Waals surface area contributed by atoms with Gasteiger partial charge in [-0.1, -0.05) is 17.3 Å². The number of hydrogen-bond donors (Lipinski definition) is 2. The maximum Gasteiger partial charge on any atom is 0.242 e. The quantitative estimate of drug-likeness (QED) is 0.772. The lowest BCUT2D eigenvalue weighted by Gasteiger charge is -2.07. The fraction of sp³-hybridized carbons (Fsp3) is 0.273. The Hall–Kier alpha value is -1.93. The Morgan fingerprint density at radius 1 is 1.37 bits per heavy atom. The third kappa shape index (κ3) is 3.30. The summed E-state index contributed by atoms with van der Waals surface area (Å²) in [7, 11) is -3.62. The van der Waals surface area contributed by atoms with Gasteiger partial charge in [0.2, 0.25) is 15.9 Å². The highest BCUT2D eigenvalue weighted by atomic mass is 32.2. The van der Waals surface area contributed by atoms with Crippen LogP contribution in [0.3, 0.4) is 0 Å². The average molecular weight is 282 g/mol. The van der Waals surface area contributed by atoms with Crippen LogP contribution < -0.4 is 10.5 Å². The Balaban J connectivity index is 2.01. The maximum atomic E-state index is 12.0. The number of benzene rings is 1. The van der Waals surface area contributed by atoms with E-state index in [-0.39, 0.29) is 17.1 Å². The molecule has 1 aromatic carbocycles. The van der Waals surface area contributed by atoms with Crippen LogP contribution in [0.25, 0.3) is 0 Å². The van der Waals surface area contributed by atoms with E-state index in [9.17, 15) is 8.42 Å². The van der Waals surface area contributed by atoms with Crippen LogP contribution in [0.2, 0.25) is 0 Å². The largest absolute Gasteiger partial charge is 0.398 e. The van der Waals surface area contributed by atoms with Gasteiger partial charge in [0.05, 0.1) is 5.69 Å². The third-order valence-corrected chi connectivity index (χ3v) is 3.95. The Morgan fingerprint density at radius 2 is 2.11 bits per heavy atom. The zero-order valence-electron chi connectivity index (χ0n) is 10.3. The van der Waals surface area contributed by atoms with Gasteiger partial charge >= 0.3 is 0 Å². The van der Waals surface area contributed by atoms with Crippen LogP contribution in [0, 0.1) is 6.92 Å². The lowest BCUT2D eigenvalue weighted by atomic mass is 10.3. The molecule has 0 aliphatic rings. The van der Waals surface area contributed by atoms with Crippen molar-refractivity contribution >= 4 is 15.7 Å². The molecule has 1 heterocycles. The van der Waals surface area contributed by atoms with E-state index in [1.165, 1.54) is 12.1 Å². The molecule has 2 rings (SSSR count). The van der Waals surface area contributed by atoms with Crippen molar-refractivity contribution in [2.24, 2.45) is 0 Å². The SMILES string of the molecule is Cc1nc(CCNS(=O)(=O)c2ccccc2N)no1. The molecule has 0 aliphatic carbocycles. The molecule has 0 spiro atoms. The molecule has 0 unspecified atom stereocenters. The molecule has 0 fully saturated rings. The second-order valence-corrected chi connectivity index (χ2v) is 5.65. The average Bonchev–Trinajstić information content (AvgIpc) is 2.75. The highest BCUT2D eigenvalue weighted by Crippen LogP contribution is 2.16. The number of rotatable bonds is 5. The van der Waals surface area contributed by atoms with E-state index in [1.807, 2.05) is 0 Å². The van der Waals surface area contributed by atoms with Crippen molar-refractivity contribution < 1.29 is 12.9 Å². The molecule has 102 valence electrons. The van der Waals surface area contributed by atoms with Crippen LogP contribution in [0.15, 0.2) is 33.7 Å². The smallest absolute Gasteiger partial charge is 0.242 e. The Bertz CT molecular complexity index is 666. The number of nitrogens with zero attached hydrogens (tertiary/aromatic N) is 2. The lowest BCUT2D eigenvalue weighted by Crippen LogP contribution is -2.27. The number of nitrogens with two attached hydrogens (primary N) is 1. The monoisotopic (exact) mass is 282 g/mol. The second kappa shape index (κ2) is 5.37. The highest BCUT2D eigenvalue weighted by molar-refractivity contribution is 7.89. The molecule has 3 N–H and O–H groups in total. The van der Waals surface area contributed by atoms with Gasteiger partial charge in [0, 0.05) is 19.9 Å². The zero-order valence-corrected chi connectivity index (χ0v) is 11.1. The topological polar surface area (TPSA) is 111 Å². The first-order valence-corrected chi connectivity index (χ1v) is 7.11. The molecule has 8 heteroatoms. The molecule has 2 aromatic rings. The molecule has 0 saturated heterocycles. The number of hydrogen-bond acceptors (Lipinski definition) is 6. The molecule has 7 nitrogen and oxygen atoms in total. The predicted molar refractivity (Wildman–Crippen MR) is 68.8 cm³/mol. The number of aromatic nitrogens is 2. The number of nitrogen functional groups attached to an aromatic ring is 1. The van der Waals surface area contributed by atoms with Gasteiger partial charge in [-0.3, -0.25) is 0 Å². The highest BCUT2D eigenvalue weighted by Gasteiger charge is 2.16. The normalized spacial score (nSPS) is 11.6. The number of para-hydroxylation sites is 1. The minimum atomic E-state index is -3.62. The first-order chi connectivity index (χ1) is 8.99. The minimum absolute atomic E-state index is 0.0688. The van der Waals surface area contributed by atoms with E-state index in [0.717, 1.165) is 0 Å². The van der Waals surface area contributed by atoms with Crippen LogP contribution in [-0.4, -0.2) is 25.1 Å². The Kier molecular flexibility index (Phi) is 3.82. The van der Waals surface area contributed by atoms with E-state index in [0.29, 0.717) is 18.1 Å². The molecular weight excluding hydrogens is 268 g/mol. The number of sulfonamides is 1. The standard InChI is InChI=1S/C11H14N4O3S/c1-8-14-11(15-18-8)6-7-13-19(16,17)10-5-3-2-4-9(10)12/h2-5,13H,6-7,12H2,1H3. The first kappa shape index (κ1) is 13.5. The summed E-state index contributed by atoms with van der Waals surface area (Å²) >= 11 is 0. The lowest BCUT2D eigenvalue weighted by molar-refractivity contribution is 0.387. The molecule has 1 aromatic heterocycles.